The number of rotatable bonds is 2. The smallest absolute Gasteiger partial charge is 0.0343 e. The van der Waals surface area contributed by atoms with Crippen molar-refractivity contribution in [2.45, 2.75) is 19.8 Å². The summed E-state index contributed by atoms with van der Waals surface area (Å²) in [6.07, 6.45) is 0. The summed E-state index contributed by atoms with van der Waals surface area (Å²) in [6, 6.07) is 13.2. The zero-order chi connectivity index (χ0) is 10.8. The highest BCUT2D eigenvalue weighted by molar-refractivity contribution is 5.86. The Hall–Kier alpha value is -1.50. The molecule has 0 unspecified atom stereocenters. The lowest BCUT2D eigenvalue weighted by Crippen LogP contribution is -1.89. The molecule has 0 aliphatic rings. The van der Waals surface area contributed by atoms with Crippen LogP contribution in [0.2, 0.25) is 0 Å². The second-order valence-electron chi connectivity index (χ2n) is 4.23. The van der Waals surface area contributed by atoms with Gasteiger partial charge in [0, 0.05) is 12.7 Å². The Balaban J connectivity index is 2.57. The first-order valence-electron chi connectivity index (χ1n) is 5.42. The fraction of sp³-hybridized carbons (Fsp3) is 0.286. The van der Waals surface area contributed by atoms with Gasteiger partial charge < -0.3 is 5.32 Å². The Bertz CT molecular complexity index is 472. The summed E-state index contributed by atoms with van der Waals surface area (Å²) in [5, 5.41) is 5.78. The minimum absolute atomic E-state index is 0.590. The van der Waals surface area contributed by atoms with Crippen LogP contribution < -0.4 is 5.32 Å². The predicted molar refractivity (Wildman–Crippen MR) is 67.6 cm³/mol. The molecule has 0 aliphatic carbocycles. The molecule has 2 rings (SSSR count). The molecule has 1 N–H and O–H groups in total. The first kappa shape index (κ1) is 10.0. The average Bonchev–Trinajstić information content (AvgIpc) is 2.27. The van der Waals surface area contributed by atoms with E-state index in [1.165, 1.54) is 22.0 Å². The van der Waals surface area contributed by atoms with Crippen LogP contribution in [0.25, 0.3) is 10.8 Å². The largest absolute Gasteiger partial charge is 0.388 e. The highest BCUT2D eigenvalue weighted by atomic mass is 14.8. The molecule has 0 heterocycles. The van der Waals surface area contributed by atoms with Crippen molar-refractivity contribution in [3.63, 3.8) is 0 Å². The van der Waals surface area contributed by atoms with Crippen molar-refractivity contribution in [2.75, 3.05) is 12.4 Å². The maximum atomic E-state index is 3.17. The fourth-order valence-corrected chi connectivity index (χ4v) is 1.78. The zero-order valence-corrected chi connectivity index (χ0v) is 9.54. The highest BCUT2D eigenvalue weighted by Crippen LogP contribution is 2.23. The molecule has 0 amide bonds. The molecule has 0 aromatic heterocycles. The summed E-state index contributed by atoms with van der Waals surface area (Å²) < 4.78 is 0. The van der Waals surface area contributed by atoms with E-state index in [-0.39, 0.29) is 0 Å². The van der Waals surface area contributed by atoms with Crippen molar-refractivity contribution in [3.8, 4) is 0 Å². The van der Waals surface area contributed by atoms with E-state index in [1.54, 1.807) is 0 Å². The Morgan fingerprint density at radius 2 is 1.67 bits per heavy atom. The van der Waals surface area contributed by atoms with Crippen molar-refractivity contribution in [1.82, 2.24) is 0 Å². The fourth-order valence-electron chi connectivity index (χ4n) is 1.78. The van der Waals surface area contributed by atoms with Gasteiger partial charge in [0.1, 0.15) is 0 Å². The Morgan fingerprint density at radius 3 is 2.33 bits per heavy atom. The standard InChI is InChI=1S/C14H17N/c1-10(2)12-5-4-11-6-7-14(15-3)9-13(11)8-12/h4-10,15H,1-3H3. The number of anilines is 1. The monoisotopic (exact) mass is 199 g/mol. The molecule has 15 heavy (non-hydrogen) atoms. The van der Waals surface area contributed by atoms with Crippen molar-refractivity contribution < 1.29 is 0 Å². The molecule has 1 nitrogen and oxygen atoms in total. The van der Waals surface area contributed by atoms with E-state index in [9.17, 15) is 0 Å². The third-order valence-electron chi connectivity index (χ3n) is 2.82. The van der Waals surface area contributed by atoms with Crippen LogP contribution in [-0.2, 0) is 0 Å². The van der Waals surface area contributed by atoms with Crippen LogP contribution in [0, 0.1) is 0 Å². The maximum absolute atomic E-state index is 3.17. The SMILES string of the molecule is CNc1ccc2ccc(C(C)C)cc2c1. The van der Waals surface area contributed by atoms with Gasteiger partial charge in [-0.25, -0.2) is 0 Å². The minimum atomic E-state index is 0.590. The van der Waals surface area contributed by atoms with Gasteiger partial charge in [0.2, 0.25) is 0 Å². The normalized spacial score (nSPS) is 10.9. The van der Waals surface area contributed by atoms with Crippen LogP contribution in [0.5, 0.6) is 0 Å². The van der Waals surface area contributed by atoms with E-state index in [4.69, 9.17) is 0 Å². The lowest BCUT2D eigenvalue weighted by molar-refractivity contribution is 0.869. The van der Waals surface area contributed by atoms with E-state index in [0.29, 0.717) is 5.92 Å². The zero-order valence-electron chi connectivity index (χ0n) is 9.54. The van der Waals surface area contributed by atoms with Gasteiger partial charge in [-0.05, 0) is 34.4 Å². The van der Waals surface area contributed by atoms with Crippen LogP contribution in [0.3, 0.4) is 0 Å². The van der Waals surface area contributed by atoms with E-state index < -0.39 is 0 Å². The molecule has 78 valence electrons. The van der Waals surface area contributed by atoms with Crippen molar-refractivity contribution in [1.29, 1.82) is 0 Å². The molecule has 2 aromatic rings. The number of hydrogen-bond acceptors (Lipinski definition) is 1. The van der Waals surface area contributed by atoms with Gasteiger partial charge in [0.25, 0.3) is 0 Å². The van der Waals surface area contributed by atoms with Crippen LogP contribution in [-0.4, -0.2) is 7.05 Å². The Morgan fingerprint density at radius 1 is 0.933 bits per heavy atom. The molecule has 0 spiro atoms. The summed E-state index contributed by atoms with van der Waals surface area (Å²) >= 11 is 0. The number of fused-ring (bicyclic) bond motifs is 1. The molecule has 2 aromatic carbocycles. The summed E-state index contributed by atoms with van der Waals surface area (Å²) in [6.45, 7) is 4.45. The number of nitrogens with one attached hydrogen (secondary N) is 1. The van der Waals surface area contributed by atoms with Gasteiger partial charge in [-0.2, -0.15) is 0 Å². The molecule has 0 radical (unpaired) electrons. The van der Waals surface area contributed by atoms with E-state index in [0.717, 1.165) is 0 Å². The van der Waals surface area contributed by atoms with Crippen molar-refractivity contribution in [2.24, 2.45) is 0 Å². The van der Waals surface area contributed by atoms with Crippen molar-refractivity contribution in [3.05, 3.63) is 42.0 Å². The lowest BCUT2D eigenvalue weighted by atomic mass is 9.99. The second-order valence-corrected chi connectivity index (χ2v) is 4.23. The molecule has 0 aliphatic heterocycles. The lowest BCUT2D eigenvalue weighted by Gasteiger charge is -2.08. The number of benzene rings is 2. The second kappa shape index (κ2) is 3.93. The predicted octanol–water partition coefficient (Wildman–Crippen LogP) is 4.00. The van der Waals surface area contributed by atoms with Crippen LogP contribution >= 0.6 is 0 Å². The molecular weight excluding hydrogens is 182 g/mol. The highest BCUT2D eigenvalue weighted by Gasteiger charge is 2.01. The molecule has 0 saturated carbocycles. The van der Waals surface area contributed by atoms with Crippen LogP contribution in [0.4, 0.5) is 5.69 Å². The molecule has 0 saturated heterocycles. The summed E-state index contributed by atoms with van der Waals surface area (Å²) in [7, 11) is 1.95. The molecule has 0 atom stereocenters. The van der Waals surface area contributed by atoms with E-state index in [1.807, 2.05) is 7.05 Å². The molecular formula is C14H17N. The van der Waals surface area contributed by atoms with Gasteiger partial charge in [-0.3, -0.25) is 0 Å². The molecule has 1 heteroatoms. The van der Waals surface area contributed by atoms with Gasteiger partial charge in [-0.1, -0.05) is 38.1 Å². The van der Waals surface area contributed by atoms with Crippen molar-refractivity contribution >= 4 is 16.5 Å². The quantitative estimate of drug-likeness (QED) is 0.770. The minimum Gasteiger partial charge on any atom is -0.388 e. The third-order valence-corrected chi connectivity index (χ3v) is 2.82. The Labute approximate surface area is 91.1 Å². The van der Waals surface area contributed by atoms with Crippen LogP contribution in [0.15, 0.2) is 36.4 Å². The topological polar surface area (TPSA) is 12.0 Å². The van der Waals surface area contributed by atoms with Gasteiger partial charge in [0.15, 0.2) is 0 Å². The third kappa shape index (κ3) is 1.96. The summed E-state index contributed by atoms with van der Waals surface area (Å²) in [5.74, 6) is 0.590. The Kier molecular flexibility index (Phi) is 2.63. The van der Waals surface area contributed by atoms with Crippen LogP contribution in [0.1, 0.15) is 25.3 Å². The van der Waals surface area contributed by atoms with Gasteiger partial charge in [-0.15, -0.1) is 0 Å². The van der Waals surface area contributed by atoms with E-state index in [2.05, 4.69) is 55.6 Å². The van der Waals surface area contributed by atoms with Gasteiger partial charge >= 0.3 is 0 Å². The average molecular weight is 199 g/mol. The first-order valence-corrected chi connectivity index (χ1v) is 5.42. The first-order chi connectivity index (χ1) is 7.20. The van der Waals surface area contributed by atoms with E-state index >= 15 is 0 Å². The molecule has 0 bridgehead atoms. The summed E-state index contributed by atoms with van der Waals surface area (Å²) in [5.41, 5.74) is 2.57. The maximum Gasteiger partial charge on any atom is 0.0343 e. The number of hydrogen-bond donors (Lipinski definition) is 1. The van der Waals surface area contributed by atoms with Gasteiger partial charge in [0.05, 0.1) is 0 Å². The summed E-state index contributed by atoms with van der Waals surface area (Å²) in [4.78, 5) is 0. The molecule has 0 fully saturated rings.